The molecule has 0 aromatic heterocycles. The molecule has 1 aliphatic rings. The molecule has 1 fully saturated rings. The molecule has 0 spiro atoms. The van der Waals surface area contributed by atoms with Gasteiger partial charge in [-0.3, -0.25) is 14.5 Å². The number of ether oxygens (including phenoxy) is 3. The van der Waals surface area contributed by atoms with Gasteiger partial charge in [0.1, 0.15) is 11.1 Å². The molecule has 11 heteroatoms. The van der Waals surface area contributed by atoms with Crippen LogP contribution in [0, 0.1) is 5.82 Å². The number of anilines is 1. The Labute approximate surface area is 241 Å². The maximum atomic E-state index is 13.5. The van der Waals surface area contributed by atoms with Crippen molar-refractivity contribution in [3.8, 4) is 11.5 Å². The van der Waals surface area contributed by atoms with Crippen LogP contribution in [0.1, 0.15) is 29.3 Å². The molecule has 214 valence electrons. The number of amidine groups is 1. The van der Waals surface area contributed by atoms with Crippen LogP contribution in [0.4, 0.5) is 15.8 Å². The zero-order valence-electron chi connectivity index (χ0n) is 22.9. The van der Waals surface area contributed by atoms with E-state index in [4.69, 9.17) is 14.2 Å². The molecule has 0 aliphatic carbocycles. The smallest absolute Gasteiger partial charge is 0.338 e. The highest BCUT2D eigenvalue weighted by Gasteiger charge is 2.39. The summed E-state index contributed by atoms with van der Waals surface area (Å²) in [6, 6.07) is 17.5. The molecule has 0 bridgehead atoms. The minimum absolute atomic E-state index is 0.0849. The third-order valence-electron chi connectivity index (χ3n) is 6.19. The molecule has 3 aromatic rings. The van der Waals surface area contributed by atoms with E-state index in [-0.39, 0.29) is 30.7 Å². The summed E-state index contributed by atoms with van der Waals surface area (Å²) in [5.74, 6) is -0.258. The molecular weight excluding hydrogens is 549 g/mol. The Morgan fingerprint density at radius 1 is 1.00 bits per heavy atom. The molecular formula is C30H30FN3O6S. The first-order chi connectivity index (χ1) is 19.8. The van der Waals surface area contributed by atoms with Gasteiger partial charge in [-0.1, -0.05) is 17.8 Å². The van der Waals surface area contributed by atoms with Gasteiger partial charge in [0.15, 0.2) is 16.7 Å². The van der Waals surface area contributed by atoms with Crippen LogP contribution < -0.4 is 14.8 Å². The van der Waals surface area contributed by atoms with Gasteiger partial charge in [-0.25, -0.2) is 14.2 Å². The second-order valence-corrected chi connectivity index (χ2v) is 10.1. The second kappa shape index (κ2) is 13.8. The van der Waals surface area contributed by atoms with E-state index in [0.717, 1.165) is 5.56 Å². The molecule has 1 aliphatic heterocycles. The summed E-state index contributed by atoms with van der Waals surface area (Å²) >= 11 is 1.19. The SMILES string of the molecule is CCOC(=O)c1ccc(NC(=O)C[C@@H]2SC(=Nc3ccc(F)cc3)N(CCc3ccc(OC)c(OC)c3)C2=O)cc1. The first-order valence-electron chi connectivity index (χ1n) is 12.9. The lowest BCUT2D eigenvalue weighted by molar-refractivity contribution is -0.128. The quantitative estimate of drug-likeness (QED) is 0.310. The van der Waals surface area contributed by atoms with Gasteiger partial charge < -0.3 is 19.5 Å². The van der Waals surface area contributed by atoms with Gasteiger partial charge in [-0.15, -0.1) is 0 Å². The Kier molecular flexibility index (Phi) is 9.96. The van der Waals surface area contributed by atoms with Crippen LogP contribution >= 0.6 is 11.8 Å². The molecule has 1 atom stereocenters. The molecule has 0 radical (unpaired) electrons. The molecule has 2 amide bonds. The number of thioether (sulfide) groups is 1. The van der Waals surface area contributed by atoms with Crippen LogP contribution in [-0.2, 0) is 20.7 Å². The Hall–Kier alpha value is -4.38. The minimum atomic E-state index is -0.696. The second-order valence-electron chi connectivity index (χ2n) is 8.96. The first-order valence-corrected chi connectivity index (χ1v) is 13.8. The van der Waals surface area contributed by atoms with Gasteiger partial charge in [-0.05, 0) is 79.6 Å². The van der Waals surface area contributed by atoms with Gasteiger partial charge >= 0.3 is 5.97 Å². The fourth-order valence-corrected chi connectivity index (χ4v) is 5.30. The number of amides is 2. The van der Waals surface area contributed by atoms with Crippen molar-refractivity contribution in [2.75, 3.05) is 32.7 Å². The molecule has 4 rings (SSSR count). The van der Waals surface area contributed by atoms with E-state index in [9.17, 15) is 18.8 Å². The lowest BCUT2D eigenvalue weighted by atomic mass is 10.1. The first kappa shape index (κ1) is 29.6. The normalized spacial score (nSPS) is 15.6. The zero-order chi connectivity index (χ0) is 29.4. The number of hydrogen-bond donors (Lipinski definition) is 1. The molecule has 1 N–H and O–H groups in total. The summed E-state index contributed by atoms with van der Waals surface area (Å²) in [4.78, 5) is 44.3. The lowest BCUT2D eigenvalue weighted by Crippen LogP contribution is -2.35. The monoisotopic (exact) mass is 579 g/mol. The van der Waals surface area contributed by atoms with Gasteiger partial charge in [0, 0.05) is 18.7 Å². The zero-order valence-corrected chi connectivity index (χ0v) is 23.7. The van der Waals surface area contributed by atoms with Crippen molar-refractivity contribution in [1.82, 2.24) is 4.90 Å². The Balaban J connectivity index is 1.47. The number of methoxy groups -OCH3 is 2. The summed E-state index contributed by atoms with van der Waals surface area (Å²) in [7, 11) is 3.12. The molecule has 1 saturated heterocycles. The predicted molar refractivity (Wildman–Crippen MR) is 155 cm³/mol. The molecule has 9 nitrogen and oxygen atoms in total. The van der Waals surface area contributed by atoms with Gasteiger partial charge in [-0.2, -0.15) is 0 Å². The van der Waals surface area contributed by atoms with Crippen LogP contribution in [0.15, 0.2) is 71.7 Å². The predicted octanol–water partition coefficient (Wildman–Crippen LogP) is 5.22. The molecule has 41 heavy (non-hydrogen) atoms. The molecule has 1 heterocycles. The maximum absolute atomic E-state index is 13.5. The van der Waals surface area contributed by atoms with Crippen molar-refractivity contribution in [1.29, 1.82) is 0 Å². The number of esters is 1. The third kappa shape index (κ3) is 7.63. The standard InChI is InChI=1S/C30H30FN3O6S/c1-4-40-29(37)20-6-10-22(11-7-20)32-27(35)18-26-28(36)34(30(41-26)33-23-12-8-21(31)9-13-23)16-15-19-5-14-24(38-2)25(17-19)39-3/h5-14,17,26H,4,15-16,18H2,1-3H3,(H,32,35)/t26-/m0/s1. The van der Waals surface area contributed by atoms with Crippen molar-refractivity contribution >= 4 is 46.1 Å². The average Bonchev–Trinajstić information content (AvgIpc) is 3.26. The Morgan fingerprint density at radius 2 is 1.71 bits per heavy atom. The van der Waals surface area contributed by atoms with Crippen molar-refractivity contribution in [2.45, 2.75) is 25.0 Å². The highest BCUT2D eigenvalue weighted by molar-refractivity contribution is 8.15. The summed E-state index contributed by atoms with van der Waals surface area (Å²) in [5.41, 5.74) is 2.28. The Morgan fingerprint density at radius 3 is 2.37 bits per heavy atom. The number of halogens is 1. The number of nitrogens with zero attached hydrogens (tertiary/aromatic N) is 2. The number of nitrogens with one attached hydrogen (secondary N) is 1. The molecule has 0 saturated carbocycles. The van der Waals surface area contributed by atoms with Gasteiger partial charge in [0.2, 0.25) is 11.8 Å². The highest BCUT2D eigenvalue weighted by Crippen LogP contribution is 2.33. The fraction of sp³-hybridized carbons (Fsp3) is 0.267. The summed E-state index contributed by atoms with van der Waals surface area (Å²) in [5, 5.41) is 2.51. The van der Waals surface area contributed by atoms with Crippen molar-refractivity contribution in [3.05, 3.63) is 83.7 Å². The largest absolute Gasteiger partial charge is 0.493 e. The number of rotatable bonds is 11. The maximum Gasteiger partial charge on any atom is 0.338 e. The van der Waals surface area contributed by atoms with E-state index in [2.05, 4.69) is 10.3 Å². The van der Waals surface area contributed by atoms with E-state index >= 15 is 0 Å². The minimum Gasteiger partial charge on any atom is -0.493 e. The van der Waals surface area contributed by atoms with Crippen LogP contribution in [0.2, 0.25) is 0 Å². The van der Waals surface area contributed by atoms with E-state index in [0.29, 0.717) is 46.6 Å². The van der Waals surface area contributed by atoms with E-state index in [1.807, 2.05) is 12.1 Å². The van der Waals surface area contributed by atoms with Crippen molar-refractivity contribution in [3.63, 3.8) is 0 Å². The lowest BCUT2D eigenvalue weighted by Gasteiger charge is -2.17. The average molecular weight is 580 g/mol. The van der Waals surface area contributed by atoms with Gasteiger partial charge in [0.25, 0.3) is 0 Å². The van der Waals surface area contributed by atoms with Gasteiger partial charge in [0.05, 0.1) is 32.1 Å². The fourth-order valence-electron chi connectivity index (χ4n) is 4.12. The van der Waals surface area contributed by atoms with E-state index < -0.39 is 11.2 Å². The number of aliphatic imine (C=N–C) groups is 1. The number of carbonyl (C=O) groups is 3. The number of benzene rings is 3. The van der Waals surface area contributed by atoms with Crippen LogP contribution in [0.5, 0.6) is 11.5 Å². The van der Waals surface area contributed by atoms with Crippen molar-refractivity contribution in [2.24, 2.45) is 4.99 Å². The summed E-state index contributed by atoms with van der Waals surface area (Å²) in [6.45, 7) is 2.30. The topological polar surface area (TPSA) is 107 Å². The van der Waals surface area contributed by atoms with Crippen LogP contribution in [0.25, 0.3) is 0 Å². The Bertz CT molecular complexity index is 1430. The summed E-state index contributed by atoms with van der Waals surface area (Å²) in [6.07, 6.45) is 0.416. The number of carbonyl (C=O) groups excluding carboxylic acids is 3. The molecule has 0 unspecified atom stereocenters. The van der Waals surface area contributed by atoms with E-state index in [1.165, 1.54) is 36.0 Å². The van der Waals surface area contributed by atoms with E-state index in [1.54, 1.807) is 56.4 Å². The third-order valence-corrected chi connectivity index (χ3v) is 7.37. The number of hydrogen-bond acceptors (Lipinski definition) is 8. The van der Waals surface area contributed by atoms with Crippen LogP contribution in [0.3, 0.4) is 0 Å². The van der Waals surface area contributed by atoms with Crippen LogP contribution in [-0.4, -0.2) is 60.5 Å². The summed E-state index contributed by atoms with van der Waals surface area (Å²) < 4.78 is 29.1. The van der Waals surface area contributed by atoms with Crippen molar-refractivity contribution < 1.29 is 33.0 Å². The molecule has 3 aromatic carbocycles. The highest BCUT2D eigenvalue weighted by atomic mass is 32.2.